The van der Waals surface area contributed by atoms with Crippen molar-refractivity contribution in [2.75, 3.05) is 0 Å². The molecule has 124 valence electrons. The van der Waals surface area contributed by atoms with Crippen molar-refractivity contribution < 1.29 is 21.6 Å². The SMILES string of the molecule is NS(=O)(=O)c1ccc(-c2ccc3cc(C(F)(F)F)ccc3n2)cc1. The molecule has 0 fully saturated rings. The molecule has 0 spiro atoms. The zero-order valence-corrected chi connectivity index (χ0v) is 12.9. The Morgan fingerprint density at radius 3 is 2.17 bits per heavy atom. The van der Waals surface area contributed by atoms with E-state index in [9.17, 15) is 21.6 Å². The molecule has 0 unspecified atom stereocenters. The Morgan fingerprint density at radius 1 is 0.917 bits per heavy atom. The highest BCUT2D eigenvalue weighted by Crippen LogP contribution is 2.31. The molecule has 0 aliphatic heterocycles. The van der Waals surface area contributed by atoms with E-state index < -0.39 is 21.8 Å². The summed E-state index contributed by atoms with van der Waals surface area (Å²) in [7, 11) is -3.78. The van der Waals surface area contributed by atoms with E-state index in [2.05, 4.69) is 4.98 Å². The molecule has 3 rings (SSSR count). The van der Waals surface area contributed by atoms with Crippen LogP contribution in [0.1, 0.15) is 5.56 Å². The lowest BCUT2D eigenvalue weighted by molar-refractivity contribution is -0.137. The van der Waals surface area contributed by atoms with E-state index in [1.165, 1.54) is 30.3 Å². The Bertz CT molecular complexity index is 1010. The minimum atomic E-state index is -4.41. The largest absolute Gasteiger partial charge is 0.416 e. The van der Waals surface area contributed by atoms with E-state index >= 15 is 0 Å². The van der Waals surface area contributed by atoms with E-state index in [0.717, 1.165) is 12.1 Å². The summed E-state index contributed by atoms with van der Waals surface area (Å²) in [5.41, 5.74) is 0.825. The second-order valence-corrected chi connectivity index (χ2v) is 6.73. The van der Waals surface area contributed by atoms with Gasteiger partial charge in [0.1, 0.15) is 0 Å². The van der Waals surface area contributed by atoms with Crippen LogP contribution in [0.15, 0.2) is 59.5 Å². The molecule has 0 aliphatic rings. The van der Waals surface area contributed by atoms with Crippen LogP contribution in [0.4, 0.5) is 13.2 Å². The number of pyridine rings is 1. The quantitative estimate of drug-likeness (QED) is 0.766. The highest BCUT2D eigenvalue weighted by Gasteiger charge is 2.30. The maximum absolute atomic E-state index is 12.7. The van der Waals surface area contributed by atoms with Gasteiger partial charge in [-0.15, -0.1) is 0 Å². The van der Waals surface area contributed by atoms with Crippen LogP contribution in [0.5, 0.6) is 0 Å². The molecule has 2 aromatic carbocycles. The number of benzene rings is 2. The van der Waals surface area contributed by atoms with Crippen LogP contribution in [-0.4, -0.2) is 13.4 Å². The molecule has 0 atom stereocenters. The summed E-state index contributed by atoms with van der Waals surface area (Å²) in [6.07, 6.45) is -4.41. The third-order valence-electron chi connectivity index (χ3n) is 3.50. The first kappa shape index (κ1) is 16.4. The molecule has 0 amide bonds. The zero-order valence-electron chi connectivity index (χ0n) is 12.1. The summed E-state index contributed by atoms with van der Waals surface area (Å²) in [5.74, 6) is 0. The molecular formula is C16H11F3N2O2S. The molecule has 0 saturated carbocycles. The average Bonchev–Trinajstić information content (AvgIpc) is 2.52. The fourth-order valence-electron chi connectivity index (χ4n) is 2.28. The van der Waals surface area contributed by atoms with E-state index in [-0.39, 0.29) is 4.90 Å². The monoisotopic (exact) mass is 352 g/mol. The number of hydrogen-bond donors (Lipinski definition) is 1. The summed E-state index contributed by atoms with van der Waals surface area (Å²) < 4.78 is 60.6. The number of primary sulfonamides is 1. The first-order chi connectivity index (χ1) is 11.1. The van der Waals surface area contributed by atoms with Crippen LogP contribution >= 0.6 is 0 Å². The van der Waals surface area contributed by atoms with Crippen LogP contribution in [0.2, 0.25) is 0 Å². The van der Waals surface area contributed by atoms with Crippen molar-refractivity contribution in [1.82, 2.24) is 4.98 Å². The predicted octanol–water partition coefficient (Wildman–Crippen LogP) is 3.57. The number of sulfonamides is 1. The van der Waals surface area contributed by atoms with Crippen LogP contribution in [0.25, 0.3) is 22.2 Å². The molecule has 1 heterocycles. The molecule has 0 aliphatic carbocycles. The van der Waals surface area contributed by atoms with Crippen molar-refractivity contribution in [1.29, 1.82) is 0 Å². The summed E-state index contributed by atoms with van der Waals surface area (Å²) in [5, 5.41) is 5.40. The average molecular weight is 352 g/mol. The van der Waals surface area contributed by atoms with Gasteiger partial charge in [-0.3, -0.25) is 0 Å². The molecule has 4 nitrogen and oxygen atoms in total. The summed E-state index contributed by atoms with van der Waals surface area (Å²) >= 11 is 0. The van der Waals surface area contributed by atoms with Gasteiger partial charge >= 0.3 is 6.18 Å². The van der Waals surface area contributed by atoms with Crippen LogP contribution in [-0.2, 0) is 16.2 Å². The summed E-state index contributed by atoms with van der Waals surface area (Å²) in [4.78, 5) is 4.29. The van der Waals surface area contributed by atoms with Gasteiger partial charge in [-0.1, -0.05) is 18.2 Å². The minimum Gasteiger partial charge on any atom is -0.248 e. The van der Waals surface area contributed by atoms with Crippen molar-refractivity contribution in [2.45, 2.75) is 11.1 Å². The van der Waals surface area contributed by atoms with Crippen LogP contribution in [0, 0.1) is 0 Å². The van der Waals surface area contributed by atoms with Crippen molar-refractivity contribution in [3.63, 3.8) is 0 Å². The molecule has 1 aromatic heterocycles. The lowest BCUT2D eigenvalue weighted by atomic mass is 10.1. The van der Waals surface area contributed by atoms with E-state index in [1.54, 1.807) is 12.1 Å². The van der Waals surface area contributed by atoms with E-state index in [4.69, 9.17) is 5.14 Å². The fourth-order valence-corrected chi connectivity index (χ4v) is 2.79. The number of nitrogens with two attached hydrogens (primary N) is 1. The second kappa shape index (κ2) is 5.57. The first-order valence-electron chi connectivity index (χ1n) is 6.76. The smallest absolute Gasteiger partial charge is 0.248 e. The standard InChI is InChI=1S/C16H11F3N2O2S/c17-16(18,19)12-4-8-15-11(9-12)3-7-14(21-15)10-1-5-13(6-2-10)24(20,22)23/h1-9H,(H2,20,22,23). The van der Waals surface area contributed by atoms with Crippen molar-refractivity contribution in [2.24, 2.45) is 5.14 Å². The molecular weight excluding hydrogens is 341 g/mol. The van der Waals surface area contributed by atoms with Crippen molar-refractivity contribution >= 4 is 20.9 Å². The van der Waals surface area contributed by atoms with Gasteiger partial charge in [0.15, 0.2) is 0 Å². The van der Waals surface area contributed by atoms with E-state index in [0.29, 0.717) is 22.2 Å². The molecule has 3 aromatic rings. The van der Waals surface area contributed by atoms with Gasteiger partial charge in [-0.2, -0.15) is 13.2 Å². The Kier molecular flexibility index (Phi) is 3.81. The van der Waals surface area contributed by atoms with Gasteiger partial charge in [-0.05, 0) is 36.4 Å². The molecule has 24 heavy (non-hydrogen) atoms. The number of rotatable bonds is 2. The maximum atomic E-state index is 12.7. The number of halogens is 3. The second-order valence-electron chi connectivity index (χ2n) is 5.17. The number of alkyl halides is 3. The minimum absolute atomic E-state index is 0.0261. The normalized spacial score (nSPS) is 12.5. The number of fused-ring (bicyclic) bond motifs is 1. The highest BCUT2D eigenvalue weighted by atomic mass is 32.2. The van der Waals surface area contributed by atoms with Crippen LogP contribution < -0.4 is 5.14 Å². The van der Waals surface area contributed by atoms with Gasteiger partial charge in [0.2, 0.25) is 10.0 Å². The molecule has 8 heteroatoms. The molecule has 2 N–H and O–H groups in total. The Labute approximate surface area is 135 Å². The molecule has 0 radical (unpaired) electrons. The lowest BCUT2D eigenvalue weighted by Crippen LogP contribution is -2.11. The predicted molar refractivity (Wildman–Crippen MR) is 83.6 cm³/mol. The number of nitrogens with zero attached hydrogens (tertiary/aromatic N) is 1. The Balaban J connectivity index is 2.02. The fraction of sp³-hybridized carbons (Fsp3) is 0.0625. The Morgan fingerprint density at radius 2 is 1.58 bits per heavy atom. The van der Waals surface area contributed by atoms with Crippen LogP contribution in [0.3, 0.4) is 0 Å². The maximum Gasteiger partial charge on any atom is 0.416 e. The first-order valence-corrected chi connectivity index (χ1v) is 8.30. The van der Waals surface area contributed by atoms with Gasteiger partial charge in [0.25, 0.3) is 0 Å². The molecule has 0 bridgehead atoms. The lowest BCUT2D eigenvalue weighted by Gasteiger charge is -2.08. The highest BCUT2D eigenvalue weighted by molar-refractivity contribution is 7.89. The Hall–Kier alpha value is -2.45. The van der Waals surface area contributed by atoms with Gasteiger partial charge < -0.3 is 0 Å². The van der Waals surface area contributed by atoms with E-state index in [1.807, 2.05) is 0 Å². The number of aromatic nitrogens is 1. The summed E-state index contributed by atoms with van der Waals surface area (Å²) in [6.45, 7) is 0. The van der Waals surface area contributed by atoms with Gasteiger partial charge in [0.05, 0.1) is 21.7 Å². The van der Waals surface area contributed by atoms with Crippen molar-refractivity contribution in [3.05, 3.63) is 60.2 Å². The van der Waals surface area contributed by atoms with Crippen molar-refractivity contribution in [3.8, 4) is 11.3 Å². The number of hydrogen-bond acceptors (Lipinski definition) is 3. The summed E-state index contributed by atoms with van der Waals surface area (Å²) in [6, 6.07) is 12.2. The molecule has 0 saturated heterocycles. The zero-order chi connectivity index (χ0) is 17.5. The third kappa shape index (κ3) is 3.24. The topological polar surface area (TPSA) is 73.1 Å². The van der Waals surface area contributed by atoms with Gasteiger partial charge in [0, 0.05) is 10.9 Å². The third-order valence-corrected chi connectivity index (χ3v) is 4.42. The van der Waals surface area contributed by atoms with Gasteiger partial charge in [-0.25, -0.2) is 18.5 Å².